The predicted octanol–water partition coefficient (Wildman–Crippen LogP) is 6.23. The summed E-state index contributed by atoms with van der Waals surface area (Å²) in [6.45, 7) is 0.690. The van der Waals surface area contributed by atoms with Crippen LogP contribution in [0.1, 0.15) is 33.9 Å². The molecule has 0 aliphatic carbocycles. The zero-order chi connectivity index (χ0) is 22.1. The van der Waals surface area contributed by atoms with Gasteiger partial charge in [0, 0.05) is 24.4 Å². The van der Waals surface area contributed by atoms with Crippen molar-refractivity contribution in [3.8, 4) is 5.69 Å². The summed E-state index contributed by atoms with van der Waals surface area (Å²) < 4.78 is 42.5. The molecule has 1 aliphatic heterocycles. The molecule has 1 aromatic heterocycles. The van der Waals surface area contributed by atoms with Crippen molar-refractivity contribution in [2.75, 3.05) is 11.9 Å². The monoisotopic (exact) mass is 433 g/mol. The number of rotatable bonds is 5. The summed E-state index contributed by atoms with van der Waals surface area (Å²) >= 11 is 0. The zero-order valence-corrected chi connectivity index (χ0v) is 17.3. The molecular weight excluding hydrogens is 411 g/mol. The molecule has 4 aromatic rings. The lowest BCUT2D eigenvalue weighted by molar-refractivity contribution is -0.137. The molecule has 0 atom stereocenters. The van der Waals surface area contributed by atoms with Crippen LogP contribution < -0.4 is 5.32 Å². The molecule has 1 aliphatic rings. The fourth-order valence-corrected chi connectivity index (χ4v) is 4.47. The number of nitrogens with zero attached hydrogens (tertiary/aromatic N) is 2. The van der Waals surface area contributed by atoms with Crippen LogP contribution in [0, 0.1) is 0 Å². The van der Waals surface area contributed by atoms with Crippen LogP contribution in [0.4, 0.5) is 19.0 Å². The van der Waals surface area contributed by atoms with E-state index in [1.807, 2.05) is 36.4 Å². The van der Waals surface area contributed by atoms with Crippen molar-refractivity contribution >= 4 is 5.82 Å². The van der Waals surface area contributed by atoms with Crippen LogP contribution in [0.15, 0.2) is 84.9 Å². The minimum atomic E-state index is -4.45. The van der Waals surface area contributed by atoms with Gasteiger partial charge in [0.15, 0.2) is 0 Å². The third kappa shape index (κ3) is 3.77. The number of anilines is 1. The molecule has 0 unspecified atom stereocenters. The van der Waals surface area contributed by atoms with Gasteiger partial charge in [0.25, 0.3) is 0 Å². The highest BCUT2D eigenvalue weighted by Gasteiger charge is 2.35. The first-order valence-electron chi connectivity index (χ1n) is 10.6. The van der Waals surface area contributed by atoms with Gasteiger partial charge in [-0.15, -0.1) is 0 Å². The van der Waals surface area contributed by atoms with Gasteiger partial charge in [-0.25, -0.2) is 4.68 Å². The minimum absolute atomic E-state index is 0.0490. The Morgan fingerprint density at radius 1 is 0.844 bits per heavy atom. The van der Waals surface area contributed by atoms with Crippen molar-refractivity contribution in [2.45, 2.75) is 24.9 Å². The van der Waals surface area contributed by atoms with E-state index in [1.165, 1.54) is 16.8 Å². The molecule has 0 saturated heterocycles. The molecule has 3 aromatic carbocycles. The first-order chi connectivity index (χ1) is 15.5. The van der Waals surface area contributed by atoms with Gasteiger partial charge in [0.1, 0.15) is 5.82 Å². The fourth-order valence-electron chi connectivity index (χ4n) is 4.47. The Labute approximate surface area is 184 Å². The van der Waals surface area contributed by atoms with Crippen molar-refractivity contribution in [3.05, 3.63) is 113 Å². The molecule has 162 valence electrons. The lowest BCUT2D eigenvalue weighted by Gasteiger charge is -2.18. The largest absolute Gasteiger partial charge is 0.418 e. The number of aromatic nitrogens is 2. The van der Waals surface area contributed by atoms with Gasteiger partial charge in [0.2, 0.25) is 0 Å². The van der Waals surface area contributed by atoms with Gasteiger partial charge in [-0.3, -0.25) is 0 Å². The number of nitrogens with one attached hydrogen (secondary N) is 1. The lowest BCUT2D eigenvalue weighted by Crippen LogP contribution is -2.13. The average Bonchev–Trinajstić information content (AvgIpc) is 3.42. The third-order valence-electron chi connectivity index (χ3n) is 5.97. The second-order valence-corrected chi connectivity index (χ2v) is 7.96. The van der Waals surface area contributed by atoms with E-state index in [4.69, 9.17) is 5.10 Å². The van der Waals surface area contributed by atoms with Crippen LogP contribution in [-0.2, 0) is 19.0 Å². The predicted molar refractivity (Wildman–Crippen MR) is 119 cm³/mol. The maximum atomic E-state index is 13.7. The summed E-state index contributed by atoms with van der Waals surface area (Å²) in [6.07, 6.45) is -3.10. The van der Waals surface area contributed by atoms with Crippen LogP contribution in [0.2, 0.25) is 0 Å². The number of para-hydroxylation sites is 1. The fraction of sp³-hybridized carbons (Fsp3) is 0.192. The van der Waals surface area contributed by atoms with Crippen LogP contribution >= 0.6 is 0 Å². The Morgan fingerprint density at radius 2 is 1.44 bits per heavy atom. The van der Waals surface area contributed by atoms with Crippen LogP contribution in [0.5, 0.6) is 0 Å². The number of benzene rings is 3. The van der Waals surface area contributed by atoms with Crippen molar-refractivity contribution < 1.29 is 13.2 Å². The lowest BCUT2D eigenvalue weighted by atomic mass is 9.86. The minimum Gasteiger partial charge on any atom is -0.369 e. The Kier molecular flexibility index (Phi) is 5.21. The Bertz CT molecular complexity index is 1170. The maximum Gasteiger partial charge on any atom is 0.418 e. The van der Waals surface area contributed by atoms with E-state index in [-0.39, 0.29) is 11.6 Å². The van der Waals surface area contributed by atoms with Gasteiger partial charge < -0.3 is 5.32 Å². The molecule has 6 heteroatoms. The van der Waals surface area contributed by atoms with E-state index >= 15 is 0 Å². The first-order valence-corrected chi connectivity index (χ1v) is 10.6. The van der Waals surface area contributed by atoms with Gasteiger partial charge in [-0.05, 0) is 29.7 Å². The van der Waals surface area contributed by atoms with E-state index in [9.17, 15) is 13.2 Å². The molecule has 0 fully saturated rings. The Balaban J connectivity index is 1.60. The highest BCUT2D eigenvalue weighted by molar-refractivity contribution is 5.59. The molecule has 0 bridgehead atoms. The SMILES string of the molecule is FC(F)(F)c1ccccc1-n1nc(CC(c2ccccc2)c2ccccc2)c2c1NCC2. The molecular formula is C26H22F3N3. The number of halogens is 3. The highest BCUT2D eigenvalue weighted by atomic mass is 19.4. The smallest absolute Gasteiger partial charge is 0.369 e. The van der Waals surface area contributed by atoms with Gasteiger partial charge >= 0.3 is 6.18 Å². The molecule has 0 spiro atoms. The van der Waals surface area contributed by atoms with Crippen LogP contribution in [-0.4, -0.2) is 16.3 Å². The number of hydrogen-bond donors (Lipinski definition) is 1. The molecule has 32 heavy (non-hydrogen) atoms. The summed E-state index contributed by atoms with van der Waals surface area (Å²) in [5, 5.41) is 7.97. The van der Waals surface area contributed by atoms with Crippen molar-refractivity contribution in [2.24, 2.45) is 0 Å². The summed E-state index contributed by atoms with van der Waals surface area (Å²) in [5.74, 6) is 0.722. The van der Waals surface area contributed by atoms with Crippen molar-refractivity contribution in [1.29, 1.82) is 0 Å². The number of fused-ring (bicyclic) bond motifs is 1. The summed E-state index contributed by atoms with van der Waals surface area (Å²) in [4.78, 5) is 0. The van der Waals surface area contributed by atoms with Gasteiger partial charge in [0.05, 0.1) is 16.9 Å². The van der Waals surface area contributed by atoms with Crippen molar-refractivity contribution in [3.63, 3.8) is 0 Å². The van der Waals surface area contributed by atoms with Crippen molar-refractivity contribution in [1.82, 2.24) is 9.78 Å². The van der Waals surface area contributed by atoms with E-state index in [0.717, 1.165) is 34.9 Å². The Hall–Kier alpha value is -3.54. The zero-order valence-electron chi connectivity index (χ0n) is 17.3. The number of hydrogen-bond acceptors (Lipinski definition) is 2. The molecule has 2 heterocycles. The summed E-state index contributed by atoms with van der Waals surface area (Å²) in [7, 11) is 0. The molecule has 3 nitrogen and oxygen atoms in total. The van der Waals surface area contributed by atoms with Gasteiger partial charge in [-0.2, -0.15) is 18.3 Å². The second kappa shape index (κ2) is 8.19. The third-order valence-corrected chi connectivity index (χ3v) is 5.97. The van der Waals surface area contributed by atoms with E-state index < -0.39 is 11.7 Å². The van der Waals surface area contributed by atoms with Gasteiger partial charge in [-0.1, -0.05) is 72.8 Å². The van der Waals surface area contributed by atoms with Crippen LogP contribution in [0.3, 0.4) is 0 Å². The summed E-state index contributed by atoms with van der Waals surface area (Å²) in [6, 6.07) is 26.0. The topological polar surface area (TPSA) is 29.9 Å². The molecule has 0 radical (unpaired) electrons. The summed E-state index contributed by atoms with van der Waals surface area (Å²) in [5.41, 5.74) is 3.51. The highest BCUT2D eigenvalue weighted by Crippen LogP contribution is 2.38. The molecule has 0 saturated carbocycles. The standard InChI is InChI=1S/C26H22F3N3/c27-26(28,29)22-13-7-8-14-24(22)32-25-20(15-16-30-25)23(31-32)17-21(18-9-3-1-4-10-18)19-11-5-2-6-12-19/h1-14,21,30H,15-17H2. The first kappa shape index (κ1) is 20.4. The average molecular weight is 433 g/mol. The normalized spacial score (nSPS) is 13.2. The molecule has 0 amide bonds. The Morgan fingerprint density at radius 3 is 2.06 bits per heavy atom. The second-order valence-electron chi connectivity index (χ2n) is 7.96. The molecule has 5 rings (SSSR count). The van der Waals surface area contributed by atoms with E-state index in [0.29, 0.717) is 18.8 Å². The number of alkyl halides is 3. The van der Waals surface area contributed by atoms with E-state index in [1.54, 1.807) is 6.07 Å². The van der Waals surface area contributed by atoms with E-state index in [2.05, 4.69) is 29.6 Å². The quantitative estimate of drug-likeness (QED) is 0.404. The van der Waals surface area contributed by atoms with Crippen LogP contribution in [0.25, 0.3) is 5.69 Å². The maximum absolute atomic E-state index is 13.7. The molecule has 1 N–H and O–H groups in total.